The van der Waals surface area contributed by atoms with E-state index >= 15 is 0 Å². The van der Waals surface area contributed by atoms with Gasteiger partial charge in [0, 0.05) is 0 Å². The Morgan fingerprint density at radius 2 is 1.70 bits per heavy atom. The molecule has 1 aliphatic rings. The SMILES string of the molecule is COc1cc(C(F)(F)F)c(O[C@H]2CC[C@@](C)(C(=O)OCc3cccc4ccccc34)CC2)cc1C(=O)O. The normalized spacial score (nSPS) is 19.9. The Kier molecular flexibility index (Phi) is 7.34. The summed E-state index contributed by atoms with van der Waals surface area (Å²) >= 11 is 0. The van der Waals surface area contributed by atoms with E-state index in [4.69, 9.17) is 14.2 Å². The predicted octanol–water partition coefficient (Wildman–Crippen LogP) is 6.64. The fourth-order valence-electron chi connectivity index (χ4n) is 4.68. The summed E-state index contributed by atoms with van der Waals surface area (Å²) in [6, 6.07) is 15.1. The maximum Gasteiger partial charge on any atom is 0.420 e. The molecule has 3 aromatic rings. The molecule has 1 N–H and O–H groups in total. The van der Waals surface area contributed by atoms with Crippen LogP contribution in [0.1, 0.15) is 54.1 Å². The molecule has 0 heterocycles. The van der Waals surface area contributed by atoms with E-state index in [2.05, 4.69) is 0 Å². The highest BCUT2D eigenvalue weighted by Gasteiger charge is 2.41. The molecule has 0 atom stereocenters. The third-order valence-electron chi connectivity index (χ3n) is 6.90. The Bertz CT molecular complexity index is 1300. The Labute approximate surface area is 211 Å². The van der Waals surface area contributed by atoms with Crippen molar-refractivity contribution in [2.24, 2.45) is 5.41 Å². The Balaban J connectivity index is 1.43. The number of carbonyl (C=O) groups is 2. The summed E-state index contributed by atoms with van der Waals surface area (Å²) in [7, 11) is 1.10. The molecule has 0 unspecified atom stereocenters. The smallest absolute Gasteiger partial charge is 0.420 e. The lowest BCUT2D eigenvalue weighted by molar-refractivity contribution is -0.159. The number of hydrogen-bond donors (Lipinski definition) is 1. The van der Waals surface area contributed by atoms with Crippen LogP contribution in [0.2, 0.25) is 0 Å². The van der Waals surface area contributed by atoms with Crippen LogP contribution >= 0.6 is 0 Å². The molecule has 1 saturated carbocycles. The second-order valence-corrected chi connectivity index (χ2v) is 9.44. The van der Waals surface area contributed by atoms with Gasteiger partial charge in [-0.2, -0.15) is 13.2 Å². The lowest BCUT2D eigenvalue weighted by Gasteiger charge is -2.35. The molecular formula is C28H27F3O6. The largest absolute Gasteiger partial charge is 0.496 e. The highest BCUT2D eigenvalue weighted by molar-refractivity contribution is 5.91. The van der Waals surface area contributed by atoms with Gasteiger partial charge in [-0.15, -0.1) is 0 Å². The van der Waals surface area contributed by atoms with E-state index in [1.165, 1.54) is 0 Å². The minimum atomic E-state index is -4.77. The van der Waals surface area contributed by atoms with Crippen LogP contribution < -0.4 is 9.47 Å². The van der Waals surface area contributed by atoms with Gasteiger partial charge in [0.2, 0.25) is 0 Å². The summed E-state index contributed by atoms with van der Waals surface area (Å²) in [6.45, 7) is 1.90. The number of benzene rings is 3. The van der Waals surface area contributed by atoms with Crippen molar-refractivity contribution < 1.29 is 42.1 Å². The molecule has 37 heavy (non-hydrogen) atoms. The van der Waals surface area contributed by atoms with Crippen molar-refractivity contribution in [3.63, 3.8) is 0 Å². The molecule has 0 aromatic heterocycles. The van der Waals surface area contributed by atoms with Crippen molar-refractivity contribution in [2.75, 3.05) is 7.11 Å². The number of methoxy groups -OCH3 is 1. The summed E-state index contributed by atoms with van der Waals surface area (Å²) in [5.41, 5.74) is -1.45. The summed E-state index contributed by atoms with van der Waals surface area (Å²) in [6.07, 6.45) is -4.05. The molecular weight excluding hydrogens is 489 g/mol. The van der Waals surface area contributed by atoms with Crippen molar-refractivity contribution in [3.05, 3.63) is 71.3 Å². The van der Waals surface area contributed by atoms with Gasteiger partial charge < -0.3 is 19.3 Å². The highest BCUT2D eigenvalue weighted by atomic mass is 19.4. The zero-order valence-corrected chi connectivity index (χ0v) is 20.4. The summed E-state index contributed by atoms with van der Waals surface area (Å²) in [4.78, 5) is 24.5. The lowest BCUT2D eigenvalue weighted by Crippen LogP contribution is -2.37. The fraction of sp³-hybridized carbons (Fsp3) is 0.357. The Hall–Kier alpha value is -3.75. The number of ether oxygens (including phenoxy) is 3. The highest BCUT2D eigenvalue weighted by Crippen LogP contribution is 2.43. The second kappa shape index (κ2) is 10.3. The first-order valence-electron chi connectivity index (χ1n) is 11.8. The molecule has 196 valence electrons. The minimum absolute atomic E-state index is 0.120. The van der Waals surface area contributed by atoms with E-state index in [9.17, 15) is 27.9 Å². The monoisotopic (exact) mass is 516 g/mol. The number of carboxylic acid groups (broad SMARTS) is 1. The molecule has 6 nitrogen and oxygen atoms in total. The average Bonchev–Trinajstić information content (AvgIpc) is 2.87. The van der Waals surface area contributed by atoms with Crippen LogP contribution in [-0.4, -0.2) is 30.3 Å². The topological polar surface area (TPSA) is 82.1 Å². The van der Waals surface area contributed by atoms with Crippen molar-refractivity contribution in [1.82, 2.24) is 0 Å². The van der Waals surface area contributed by atoms with E-state index in [0.29, 0.717) is 31.7 Å². The van der Waals surface area contributed by atoms with Crippen LogP contribution in [0.3, 0.4) is 0 Å². The Morgan fingerprint density at radius 3 is 2.35 bits per heavy atom. The molecule has 1 fully saturated rings. The number of hydrogen-bond acceptors (Lipinski definition) is 5. The third kappa shape index (κ3) is 5.65. The van der Waals surface area contributed by atoms with Gasteiger partial charge in [-0.3, -0.25) is 4.79 Å². The molecule has 9 heteroatoms. The van der Waals surface area contributed by atoms with Crippen LogP contribution in [0.25, 0.3) is 10.8 Å². The van der Waals surface area contributed by atoms with Crippen molar-refractivity contribution in [3.8, 4) is 11.5 Å². The number of carbonyl (C=O) groups excluding carboxylic acids is 1. The second-order valence-electron chi connectivity index (χ2n) is 9.44. The number of fused-ring (bicyclic) bond motifs is 1. The Morgan fingerprint density at radius 1 is 1.03 bits per heavy atom. The van der Waals surface area contributed by atoms with Gasteiger partial charge in [0.25, 0.3) is 0 Å². The van der Waals surface area contributed by atoms with Gasteiger partial charge in [0.05, 0.1) is 18.6 Å². The average molecular weight is 517 g/mol. The molecule has 4 rings (SSSR count). The molecule has 0 amide bonds. The van der Waals surface area contributed by atoms with Gasteiger partial charge >= 0.3 is 18.1 Å². The quantitative estimate of drug-likeness (QED) is 0.355. The van der Waals surface area contributed by atoms with E-state index in [1.54, 1.807) is 6.92 Å². The van der Waals surface area contributed by atoms with Gasteiger partial charge in [-0.1, -0.05) is 42.5 Å². The van der Waals surface area contributed by atoms with Crippen LogP contribution in [0.5, 0.6) is 11.5 Å². The fourth-order valence-corrected chi connectivity index (χ4v) is 4.68. The lowest BCUT2D eigenvalue weighted by atomic mass is 9.74. The number of alkyl halides is 3. The van der Waals surface area contributed by atoms with Gasteiger partial charge in [-0.25, -0.2) is 4.79 Å². The van der Waals surface area contributed by atoms with E-state index in [0.717, 1.165) is 29.5 Å². The van der Waals surface area contributed by atoms with Gasteiger partial charge in [-0.05, 0) is 61.1 Å². The van der Waals surface area contributed by atoms with Gasteiger partial charge in [0.15, 0.2) is 0 Å². The van der Waals surface area contributed by atoms with Crippen LogP contribution in [0.4, 0.5) is 13.2 Å². The maximum atomic E-state index is 13.7. The van der Waals surface area contributed by atoms with Crippen molar-refractivity contribution in [1.29, 1.82) is 0 Å². The molecule has 3 aromatic carbocycles. The summed E-state index contributed by atoms with van der Waals surface area (Å²) < 4.78 is 57.1. The number of rotatable bonds is 7. The van der Waals surface area contributed by atoms with E-state index in [1.807, 2.05) is 42.5 Å². The number of halogens is 3. The van der Waals surface area contributed by atoms with E-state index in [-0.39, 0.29) is 12.6 Å². The number of carboxylic acids is 1. The standard InChI is InChI=1S/C28H27F3O6/c1-27(26(34)36-16-18-8-5-7-17-6-3-4-9-20(17)18)12-10-19(11-13-27)37-24-14-21(25(32)33)23(35-2)15-22(24)28(29,30)31/h3-9,14-15,19H,10-13,16H2,1-2H3,(H,32,33)/t19-,27+. The maximum absolute atomic E-state index is 13.7. The molecule has 1 aliphatic carbocycles. The van der Waals surface area contributed by atoms with Crippen LogP contribution in [-0.2, 0) is 22.3 Å². The van der Waals surface area contributed by atoms with Crippen LogP contribution in [0, 0.1) is 5.41 Å². The van der Waals surface area contributed by atoms with Crippen molar-refractivity contribution in [2.45, 2.75) is 51.5 Å². The molecule has 0 bridgehead atoms. The molecule has 0 saturated heterocycles. The first kappa shape index (κ1) is 26.3. The molecule has 0 radical (unpaired) electrons. The third-order valence-corrected chi connectivity index (χ3v) is 6.90. The minimum Gasteiger partial charge on any atom is -0.496 e. The first-order chi connectivity index (χ1) is 17.5. The molecule has 0 aliphatic heterocycles. The summed E-state index contributed by atoms with van der Waals surface area (Å²) in [5.74, 6) is -2.77. The molecule has 0 spiro atoms. The van der Waals surface area contributed by atoms with Gasteiger partial charge in [0.1, 0.15) is 29.2 Å². The van der Waals surface area contributed by atoms with E-state index < -0.39 is 46.3 Å². The van der Waals surface area contributed by atoms with Crippen molar-refractivity contribution >= 4 is 22.7 Å². The zero-order chi connectivity index (χ0) is 26.8. The summed E-state index contributed by atoms with van der Waals surface area (Å²) in [5, 5.41) is 11.4. The first-order valence-corrected chi connectivity index (χ1v) is 11.8. The zero-order valence-electron chi connectivity index (χ0n) is 20.4. The predicted molar refractivity (Wildman–Crippen MR) is 130 cm³/mol. The number of aromatic carboxylic acids is 1. The van der Waals surface area contributed by atoms with Crippen LogP contribution in [0.15, 0.2) is 54.6 Å². The number of esters is 1.